The van der Waals surface area contributed by atoms with Crippen molar-refractivity contribution in [2.75, 3.05) is 6.61 Å². The van der Waals surface area contributed by atoms with Crippen LogP contribution in [0.3, 0.4) is 0 Å². The summed E-state index contributed by atoms with van der Waals surface area (Å²) in [6, 6.07) is 5.47. The topological polar surface area (TPSA) is 69.4 Å². The van der Waals surface area contributed by atoms with Crippen molar-refractivity contribution in [3.63, 3.8) is 0 Å². The first kappa shape index (κ1) is 12.4. The summed E-state index contributed by atoms with van der Waals surface area (Å²) in [4.78, 5) is 21.2. The molecular formula is C10H10ClNO4. The molecule has 0 aromatic heterocycles. The molecule has 1 unspecified atom stereocenters. The highest BCUT2D eigenvalue weighted by atomic mass is 35.5. The van der Waals surface area contributed by atoms with Gasteiger partial charge in [0.1, 0.15) is 0 Å². The maximum absolute atomic E-state index is 11.3. The van der Waals surface area contributed by atoms with Gasteiger partial charge in [-0.3, -0.25) is 14.9 Å². The van der Waals surface area contributed by atoms with Gasteiger partial charge in [-0.05, 0) is 12.5 Å². The molecular weight excluding hydrogens is 234 g/mol. The van der Waals surface area contributed by atoms with Crippen molar-refractivity contribution in [3.8, 4) is 0 Å². The highest BCUT2D eigenvalue weighted by Gasteiger charge is 2.19. The maximum Gasteiger partial charge on any atom is 0.328 e. The van der Waals surface area contributed by atoms with E-state index in [-0.39, 0.29) is 12.3 Å². The molecule has 0 aliphatic rings. The van der Waals surface area contributed by atoms with Crippen molar-refractivity contribution in [2.45, 2.75) is 12.3 Å². The average molecular weight is 244 g/mol. The van der Waals surface area contributed by atoms with Crippen LogP contribution in [-0.2, 0) is 9.53 Å². The smallest absolute Gasteiger partial charge is 0.328 e. The van der Waals surface area contributed by atoms with Crippen molar-refractivity contribution < 1.29 is 14.5 Å². The number of esters is 1. The van der Waals surface area contributed by atoms with E-state index in [1.807, 2.05) is 0 Å². The standard InChI is InChI=1S/C10H10ClNO4/c1-2-16-10(13)9(11)7-3-5-8(6-4-7)12(14)15/h3-6,9H,2H2,1H3. The Morgan fingerprint density at radius 2 is 2.06 bits per heavy atom. The van der Waals surface area contributed by atoms with E-state index in [0.29, 0.717) is 5.56 Å². The number of carbonyl (C=O) groups excluding carboxylic acids is 1. The van der Waals surface area contributed by atoms with Crippen molar-refractivity contribution in [3.05, 3.63) is 39.9 Å². The summed E-state index contributed by atoms with van der Waals surface area (Å²) in [5, 5.41) is 9.47. The van der Waals surface area contributed by atoms with Crippen LogP contribution in [0.5, 0.6) is 0 Å². The second kappa shape index (κ2) is 5.46. The Morgan fingerprint density at radius 3 is 2.50 bits per heavy atom. The van der Waals surface area contributed by atoms with E-state index >= 15 is 0 Å². The zero-order chi connectivity index (χ0) is 12.1. The summed E-state index contributed by atoms with van der Waals surface area (Å²) in [5.74, 6) is -0.557. The number of non-ortho nitro benzene ring substituents is 1. The fourth-order valence-electron chi connectivity index (χ4n) is 1.12. The largest absolute Gasteiger partial charge is 0.465 e. The van der Waals surface area contributed by atoms with Gasteiger partial charge >= 0.3 is 5.97 Å². The zero-order valence-corrected chi connectivity index (χ0v) is 9.31. The van der Waals surface area contributed by atoms with Gasteiger partial charge < -0.3 is 4.74 Å². The molecule has 16 heavy (non-hydrogen) atoms. The van der Waals surface area contributed by atoms with Crippen LogP contribution in [0.2, 0.25) is 0 Å². The number of nitrogens with zero attached hydrogens (tertiary/aromatic N) is 1. The van der Waals surface area contributed by atoms with Gasteiger partial charge in [-0.1, -0.05) is 12.1 Å². The summed E-state index contributed by atoms with van der Waals surface area (Å²) < 4.78 is 4.73. The summed E-state index contributed by atoms with van der Waals surface area (Å²) >= 11 is 5.82. The van der Waals surface area contributed by atoms with Gasteiger partial charge in [-0.2, -0.15) is 0 Å². The number of halogens is 1. The van der Waals surface area contributed by atoms with E-state index in [1.165, 1.54) is 24.3 Å². The first-order valence-electron chi connectivity index (χ1n) is 4.61. The lowest BCUT2D eigenvalue weighted by atomic mass is 10.1. The number of rotatable bonds is 4. The molecule has 1 aromatic carbocycles. The molecule has 0 spiro atoms. The lowest BCUT2D eigenvalue weighted by molar-refractivity contribution is -0.384. The summed E-state index contributed by atoms with van der Waals surface area (Å²) in [5.41, 5.74) is 0.433. The molecule has 0 radical (unpaired) electrons. The zero-order valence-electron chi connectivity index (χ0n) is 8.55. The number of alkyl halides is 1. The Balaban J connectivity index is 2.81. The second-order valence-electron chi connectivity index (χ2n) is 2.96. The first-order chi connectivity index (χ1) is 7.56. The maximum atomic E-state index is 11.3. The Labute approximate surface area is 97.1 Å². The monoisotopic (exact) mass is 243 g/mol. The lowest BCUT2D eigenvalue weighted by Gasteiger charge is -2.08. The summed E-state index contributed by atoms with van der Waals surface area (Å²) in [6.45, 7) is 1.92. The van der Waals surface area contributed by atoms with Crippen molar-refractivity contribution >= 4 is 23.3 Å². The molecule has 1 aromatic rings. The van der Waals surface area contributed by atoms with Gasteiger partial charge in [0, 0.05) is 12.1 Å². The minimum absolute atomic E-state index is 0.0449. The predicted molar refractivity (Wildman–Crippen MR) is 58.3 cm³/mol. The fourth-order valence-corrected chi connectivity index (χ4v) is 1.32. The van der Waals surface area contributed by atoms with Crippen LogP contribution in [0, 0.1) is 10.1 Å². The highest BCUT2D eigenvalue weighted by molar-refractivity contribution is 6.29. The Hall–Kier alpha value is -1.62. The molecule has 0 heterocycles. The van der Waals surface area contributed by atoms with Crippen LogP contribution in [0.15, 0.2) is 24.3 Å². The third kappa shape index (κ3) is 2.93. The van der Waals surface area contributed by atoms with Gasteiger partial charge in [-0.25, -0.2) is 0 Å². The average Bonchev–Trinajstić information content (AvgIpc) is 2.28. The fraction of sp³-hybridized carbons (Fsp3) is 0.300. The van der Waals surface area contributed by atoms with Crippen LogP contribution in [-0.4, -0.2) is 17.5 Å². The van der Waals surface area contributed by atoms with Crippen molar-refractivity contribution in [1.82, 2.24) is 0 Å². The Kier molecular flexibility index (Phi) is 4.25. The minimum Gasteiger partial charge on any atom is -0.465 e. The molecule has 1 atom stereocenters. The number of nitro benzene ring substituents is 1. The molecule has 0 saturated heterocycles. The Bertz CT molecular complexity index is 390. The summed E-state index contributed by atoms with van der Waals surface area (Å²) in [6.07, 6.45) is 0. The van der Waals surface area contributed by atoms with E-state index < -0.39 is 16.3 Å². The molecule has 0 fully saturated rings. The van der Waals surface area contributed by atoms with Crippen LogP contribution in [0.25, 0.3) is 0 Å². The third-order valence-electron chi connectivity index (χ3n) is 1.89. The van der Waals surface area contributed by atoms with E-state index in [9.17, 15) is 14.9 Å². The Morgan fingerprint density at radius 1 is 1.50 bits per heavy atom. The normalized spacial score (nSPS) is 11.9. The number of hydrogen-bond donors (Lipinski definition) is 0. The number of ether oxygens (including phenoxy) is 1. The number of benzene rings is 1. The SMILES string of the molecule is CCOC(=O)C(Cl)c1ccc([N+](=O)[O-])cc1. The molecule has 1 rings (SSSR count). The molecule has 6 heteroatoms. The first-order valence-corrected chi connectivity index (χ1v) is 5.05. The van der Waals surface area contributed by atoms with Gasteiger partial charge in [0.25, 0.3) is 5.69 Å². The van der Waals surface area contributed by atoms with Gasteiger partial charge in [0.05, 0.1) is 11.5 Å². The molecule has 0 bridgehead atoms. The van der Waals surface area contributed by atoms with E-state index in [4.69, 9.17) is 16.3 Å². The van der Waals surface area contributed by atoms with Crippen LogP contribution < -0.4 is 0 Å². The van der Waals surface area contributed by atoms with Gasteiger partial charge in [0.2, 0.25) is 0 Å². The molecule has 0 amide bonds. The predicted octanol–water partition coefficient (Wildman–Crippen LogP) is 2.44. The molecule has 0 saturated carbocycles. The lowest BCUT2D eigenvalue weighted by Crippen LogP contribution is -2.10. The molecule has 5 nitrogen and oxygen atoms in total. The summed E-state index contributed by atoms with van der Waals surface area (Å²) in [7, 11) is 0. The van der Waals surface area contributed by atoms with Crippen molar-refractivity contribution in [2.24, 2.45) is 0 Å². The van der Waals surface area contributed by atoms with Crippen LogP contribution in [0.4, 0.5) is 5.69 Å². The number of hydrogen-bond acceptors (Lipinski definition) is 4. The minimum atomic E-state index is -0.930. The van der Waals surface area contributed by atoms with Gasteiger partial charge in [-0.15, -0.1) is 11.6 Å². The van der Waals surface area contributed by atoms with Crippen LogP contribution >= 0.6 is 11.6 Å². The van der Waals surface area contributed by atoms with Crippen LogP contribution in [0.1, 0.15) is 17.9 Å². The number of carbonyl (C=O) groups is 1. The molecule has 0 aliphatic carbocycles. The van der Waals surface area contributed by atoms with E-state index in [1.54, 1.807) is 6.92 Å². The van der Waals surface area contributed by atoms with E-state index in [0.717, 1.165) is 0 Å². The molecule has 0 aliphatic heterocycles. The highest BCUT2D eigenvalue weighted by Crippen LogP contribution is 2.24. The second-order valence-corrected chi connectivity index (χ2v) is 3.40. The number of nitro groups is 1. The van der Waals surface area contributed by atoms with E-state index in [2.05, 4.69) is 0 Å². The quantitative estimate of drug-likeness (QED) is 0.352. The molecule has 0 N–H and O–H groups in total. The third-order valence-corrected chi connectivity index (χ3v) is 2.32. The van der Waals surface area contributed by atoms with Gasteiger partial charge in [0.15, 0.2) is 5.38 Å². The van der Waals surface area contributed by atoms with Crippen molar-refractivity contribution in [1.29, 1.82) is 0 Å². The molecule has 86 valence electrons.